The van der Waals surface area contributed by atoms with E-state index in [1.807, 2.05) is 24.3 Å². The Morgan fingerprint density at radius 1 is 1.40 bits per heavy atom. The summed E-state index contributed by atoms with van der Waals surface area (Å²) in [5.74, 6) is 0.830. The van der Waals surface area contributed by atoms with E-state index in [-0.39, 0.29) is 11.9 Å². The number of hydrogen-bond acceptors (Lipinski definition) is 5. The summed E-state index contributed by atoms with van der Waals surface area (Å²) in [5, 5.41) is 4.14. The maximum absolute atomic E-state index is 11.9. The molecular weight excluding hydrogens is 258 g/mol. The van der Waals surface area contributed by atoms with Crippen LogP contribution in [0, 0.1) is 0 Å². The minimum atomic E-state index is -0.330. The largest absolute Gasteiger partial charge is 0.493 e. The van der Waals surface area contributed by atoms with Crippen molar-refractivity contribution in [2.45, 2.75) is 12.5 Å². The van der Waals surface area contributed by atoms with Gasteiger partial charge in [-0.25, -0.2) is 0 Å². The van der Waals surface area contributed by atoms with Gasteiger partial charge < -0.3 is 19.2 Å². The van der Waals surface area contributed by atoms with Crippen molar-refractivity contribution in [2.75, 3.05) is 26.3 Å². The Bertz CT molecular complexity index is 586. The van der Waals surface area contributed by atoms with Crippen molar-refractivity contribution in [1.82, 2.24) is 5.32 Å². The number of ether oxygens (including phenoxy) is 2. The molecule has 5 nitrogen and oxygen atoms in total. The van der Waals surface area contributed by atoms with E-state index in [0.29, 0.717) is 26.2 Å². The molecule has 1 atom stereocenters. The van der Waals surface area contributed by atoms with E-state index in [4.69, 9.17) is 13.9 Å². The predicted octanol–water partition coefficient (Wildman–Crippen LogP) is 1.76. The van der Waals surface area contributed by atoms with E-state index in [1.54, 1.807) is 6.26 Å². The molecule has 0 amide bonds. The summed E-state index contributed by atoms with van der Waals surface area (Å²) in [6.07, 6.45) is 1.67. The summed E-state index contributed by atoms with van der Waals surface area (Å²) in [5.41, 5.74) is 0.829. The third-order valence-corrected chi connectivity index (χ3v) is 3.33. The van der Waals surface area contributed by atoms with Gasteiger partial charge in [-0.3, -0.25) is 4.79 Å². The maximum atomic E-state index is 11.9. The highest BCUT2D eigenvalue weighted by molar-refractivity contribution is 5.83. The number of nitrogens with one attached hydrogen (secondary N) is 1. The van der Waals surface area contributed by atoms with Crippen molar-refractivity contribution in [3.8, 4) is 5.75 Å². The van der Waals surface area contributed by atoms with Crippen molar-refractivity contribution in [1.29, 1.82) is 0 Å². The van der Waals surface area contributed by atoms with Crippen LogP contribution in [0.3, 0.4) is 0 Å². The van der Waals surface area contributed by atoms with Gasteiger partial charge in [0.05, 0.1) is 19.5 Å². The second-order valence-electron chi connectivity index (χ2n) is 4.75. The number of rotatable bonds is 5. The third-order valence-electron chi connectivity index (χ3n) is 3.33. The average Bonchev–Trinajstić information content (AvgIpc) is 2.95. The Labute approximate surface area is 116 Å². The van der Waals surface area contributed by atoms with Crippen molar-refractivity contribution in [3.63, 3.8) is 0 Å². The molecule has 20 heavy (non-hydrogen) atoms. The molecule has 1 aliphatic heterocycles. The number of hydrogen-bond donors (Lipinski definition) is 1. The highest BCUT2D eigenvalue weighted by Crippen LogP contribution is 2.21. The van der Waals surface area contributed by atoms with Crippen LogP contribution in [0.15, 0.2) is 34.9 Å². The number of morpholine rings is 1. The van der Waals surface area contributed by atoms with E-state index in [0.717, 1.165) is 23.3 Å². The third kappa shape index (κ3) is 3.00. The molecule has 2 aromatic rings. The first-order valence-electron chi connectivity index (χ1n) is 6.78. The fourth-order valence-electron chi connectivity index (χ4n) is 2.24. The molecule has 1 N–H and O–H groups in total. The molecule has 0 saturated carbocycles. The van der Waals surface area contributed by atoms with Crippen molar-refractivity contribution >= 4 is 16.8 Å². The summed E-state index contributed by atoms with van der Waals surface area (Å²) in [6, 6.07) is 7.49. The number of carbonyl (C=O) groups excluding carboxylic acids is 1. The van der Waals surface area contributed by atoms with Crippen molar-refractivity contribution in [3.05, 3.63) is 30.5 Å². The van der Waals surface area contributed by atoms with Gasteiger partial charge in [-0.05, 0) is 24.3 Å². The zero-order valence-corrected chi connectivity index (χ0v) is 11.1. The SMILES string of the molecule is O=C(CCOc1ccc2occc2c1)C1CNCCO1. The van der Waals surface area contributed by atoms with Gasteiger partial charge in [0, 0.05) is 24.9 Å². The van der Waals surface area contributed by atoms with E-state index in [1.165, 1.54) is 0 Å². The topological polar surface area (TPSA) is 60.7 Å². The minimum absolute atomic E-state index is 0.0848. The lowest BCUT2D eigenvalue weighted by atomic mass is 10.1. The molecule has 1 aromatic carbocycles. The van der Waals surface area contributed by atoms with Gasteiger partial charge in [-0.1, -0.05) is 0 Å². The van der Waals surface area contributed by atoms with Gasteiger partial charge >= 0.3 is 0 Å². The van der Waals surface area contributed by atoms with Crippen LogP contribution in [0.2, 0.25) is 0 Å². The van der Waals surface area contributed by atoms with Crippen LogP contribution in [-0.2, 0) is 9.53 Å². The second kappa shape index (κ2) is 6.07. The summed E-state index contributed by atoms with van der Waals surface area (Å²) in [7, 11) is 0. The number of carbonyl (C=O) groups is 1. The molecular formula is C15H17NO4. The maximum Gasteiger partial charge on any atom is 0.166 e. The molecule has 0 spiro atoms. The Balaban J connectivity index is 1.50. The first kappa shape index (κ1) is 13.1. The Kier molecular flexibility index (Phi) is 3.99. The van der Waals surface area contributed by atoms with Crippen molar-refractivity contribution < 1.29 is 18.7 Å². The van der Waals surface area contributed by atoms with Gasteiger partial charge in [0.2, 0.25) is 0 Å². The van der Waals surface area contributed by atoms with Gasteiger partial charge in [0.15, 0.2) is 5.78 Å². The minimum Gasteiger partial charge on any atom is -0.493 e. The van der Waals surface area contributed by atoms with Gasteiger partial charge in [0.25, 0.3) is 0 Å². The fraction of sp³-hybridized carbons (Fsp3) is 0.400. The molecule has 0 bridgehead atoms. The lowest BCUT2D eigenvalue weighted by molar-refractivity contribution is -0.132. The van der Waals surface area contributed by atoms with Crippen LogP contribution < -0.4 is 10.1 Å². The first-order chi connectivity index (χ1) is 9.83. The van der Waals surface area contributed by atoms with E-state index in [9.17, 15) is 4.79 Å². The lowest BCUT2D eigenvalue weighted by Gasteiger charge is -2.22. The van der Waals surface area contributed by atoms with Gasteiger partial charge in [0.1, 0.15) is 17.4 Å². The first-order valence-corrected chi connectivity index (χ1v) is 6.78. The highest BCUT2D eigenvalue weighted by Gasteiger charge is 2.21. The average molecular weight is 275 g/mol. The van der Waals surface area contributed by atoms with Gasteiger partial charge in [-0.15, -0.1) is 0 Å². The van der Waals surface area contributed by atoms with Crippen LogP contribution >= 0.6 is 0 Å². The highest BCUT2D eigenvalue weighted by atomic mass is 16.5. The van der Waals surface area contributed by atoms with Gasteiger partial charge in [-0.2, -0.15) is 0 Å². The van der Waals surface area contributed by atoms with E-state index >= 15 is 0 Å². The van der Waals surface area contributed by atoms with Crippen LogP contribution in [0.4, 0.5) is 0 Å². The monoisotopic (exact) mass is 275 g/mol. The quantitative estimate of drug-likeness (QED) is 0.901. The van der Waals surface area contributed by atoms with E-state index < -0.39 is 0 Å². The molecule has 2 heterocycles. The zero-order chi connectivity index (χ0) is 13.8. The molecule has 1 saturated heterocycles. The van der Waals surface area contributed by atoms with Crippen molar-refractivity contribution in [2.24, 2.45) is 0 Å². The van der Waals surface area contributed by atoms with Crippen LogP contribution in [0.25, 0.3) is 11.0 Å². The molecule has 1 aromatic heterocycles. The standard InChI is InChI=1S/C15H17NO4/c17-13(15-10-16-5-8-20-15)4-7-18-12-1-2-14-11(9-12)3-6-19-14/h1-3,6,9,15-16H,4-5,7-8,10H2. The molecule has 1 aliphatic rings. The molecule has 5 heteroatoms. The lowest BCUT2D eigenvalue weighted by Crippen LogP contribution is -2.43. The number of fused-ring (bicyclic) bond motifs is 1. The fourth-order valence-corrected chi connectivity index (χ4v) is 2.24. The van der Waals surface area contributed by atoms with E-state index in [2.05, 4.69) is 5.32 Å². The summed E-state index contributed by atoms with van der Waals surface area (Å²) in [4.78, 5) is 11.9. The van der Waals surface area contributed by atoms with Crippen LogP contribution in [0.1, 0.15) is 6.42 Å². The molecule has 0 radical (unpaired) electrons. The molecule has 1 fully saturated rings. The summed E-state index contributed by atoms with van der Waals surface area (Å²) < 4.78 is 16.3. The molecule has 1 unspecified atom stereocenters. The normalized spacial score (nSPS) is 19.1. The molecule has 106 valence electrons. The Morgan fingerprint density at radius 3 is 3.20 bits per heavy atom. The number of furan rings is 1. The zero-order valence-electron chi connectivity index (χ0n) is 11.1. The molecule has 3 rings (SSSR count). The van der Waals surface area contributed by atoms with Crippen LogP contribution in [0.5, 0.6) is 5.75 Å². The summed E-state index contributed by atoms with van der Waals surface area (Å²) in [6.45, 7) is 2.36. The van der Waals surface area contributed by atoms with Crippen LogP contribution in [-0.4, -0.2) is 38.2 Å². The smallest absolute Gasteiger partial charge is 0.166 e. The Morgan fingerprint density at radius 2 is 2.35 bits per heavy atom. The Hall–Kier alpha value is -1.85. The number of ketones is 1. The molecule has 0 aliphatic carbocycles. The number of Topliss-reactive ketones (excluding diaryl/α,β-unsaturated/α-hetero) is 1. The summed E-state index contributed by atoms with van der Waals surface area (Å²) >= 11 is 0. The second-order valence-corrected chi connectivity index (χ2v) is 4.75. The number of benzene rings is 1. The predicted molar refractivity (Wildman–Crippen MR) is 73.9 cm³/mol.